The molecule has 0 aliphatic rings. The Kier molecular flexibility index (Phi) is 6.89. The fraction of sp³-hybridized carbons (Fsp3) is 0.0870. The smallest absolute Gasteiger partial charge is 0.271 e. The van der Waals surface area contributed by atoms with Crippen LogP contribution in [0.3, 0.4) is 0 Å². The van der Waals surface area contributed by atoms with E-state index in [1.165, 1.54) is 30.5 Å². The largest absolute Gasteiger partial charge is 0.484 e. The van der Waals surface area contributed by atoms with Gasteiger partial charge in [0.05, 0.1) is 6.21 Å². The number of amides is 2. The third kappa shape index (κ3) is 6.00. The Bertz CT molecular complexity index is 1050. The standard InChI is InChI=1S/C23H20FN3O3/c1-16-4-2-3-5-21(16)26-22(28)15-30-20-12-6-17(7-13-20)14-25-27-23(29)18-8-10-19(24)11-9-18/h2-14H,15H2,1H3,(H,26,28)(H,27,29)/b25-14-. The number of hydrogen-bond donors (Lipinski definition) is 2. The van der Waals surface area contributed by atoms with Crippen molar-refractivity contribution >= 4 is 23.7 Å². The first-order valence-corrected chi connectivity index (χ1v) is 9.18. The van der Waals surface area contributed by atoms with Crippen molar-refractivity contribution in [2.75, 3.05) is 11.9 Å². The number of nitrogens with zero attached hydrogens (tertiary/aromatic N) is 1. The molecule has 7 heteroatoms. The van der Waals surface area contributed by atoms with E-state index in [1.54, 1.807) is 24.3 Å². The summed E-state index contributed by atoms with van der Waals surface area (Å²) in [4.78, 5) is 23.9. The number of hydrazone groups is 1. The normalized spacial score (nSPS) is 10.6. The van der Waals surface area contributed by atoms with E-state index in [-0.39, 0.29) is 12.5 Å². The van der Waals surface area contributed by atoms with E-state index < -0.39 is 11.7 Å². The van der Waals surface area contributed by atoms with Crippen molar-refractivity contribution in [3.63, 3.8) is 0 Å². The number of carbonyl (C=O) groups is 2. The Morgan fingerprint density at radius 3 is 2.40 bits per heavy atom. The Hall–Kier alpha value is -4.00. The van der Waals surface area contributed by atoms with Crippen molar-refractivity contribution in [3.05, 3.63) is 95.3 Å². The lowest BCUT2D eigenvalue weighted by Gasteiger charge is -2.09. The van der Waals surface area contributed by atoms with Gasteiger partial charge in [-0.2, -0.15) is 5.10 Å². The van der Waals surface area contributed by atoms with Crippen molar-refractivity contribution < 1.29 is 18.7 Å². The van der Waals surface area contributed by atoms with Crippen LogP contribution in [0.2, 0.25) is 0 Å². The van der Waals surface area contributed by atoms with Gasteiger partial charge in [0.2, 0.25) is 0 Å². The molecule has 0 unspecified atom stereocenters. The number of halogens is 1. The summed E-state index contributed by atoms with van der Waals surface area (Å²) < 4.78 is 18.4. The molecule has 2 amide bonds. The molecule has 0 atom stereocenters. The number of aryl methyl sites for hydroxylation is 1. The summed E-state index contributed by atoms with van der Waals surface area (Å²) >= 11 is 0. The van der Waals surface area contributed by atoms with E-state index >= 15 is 0 Å². The Balaban J connectivity index is 1.47. The average molecular weight is 405 g/mol. The van der Waals surface area contributed by atoms with Crippen molar-refractivity contribution in [1.29, 1.82) is 0 Å². The third-order valence-corrected chi connectivity index (χ3v) is 4.16. The second-order valence-corrected chi connectivity index (χ2v) is 6.43. The summed E-state index contributed by atoms with van der Waals surface area (Å²) in [5.41, 5.74) is 5.13. The summed E-state index contributed by atoms with van der Waals surface area (Å²) in [6.45, 7) is 1.80. The van der Waals surface area contributed by atoms with Gasteiger partial charge in [-0.1, -0.05) is 18.2 Å². The number of ether oxygens (including phenoxy) is 1. The molecule has 0 radical (unpaired) electrons. The highest BCUT2D eigenvalue weighted by Gasteiger charge is 2.06. The molecule has 0 spiro atoms. The van der Waals surface area contributed by atoms with Gasteiger partial charge >= 0.3 is 0 Å². The summed E-state index contributed by atoms with van der Waals surface area (Å²) in [6.07, 6.45) is 1.47. The Labute approximate surface area is 173 Å². The van der Waals surface area contributed by atoms with E-state index in [0.717, 1.165) is 16.8 Å². The van der Waals surface area contributed by atoms with Crippen LogP contribution in [0, 0.1) is 12.7 Å². The number of hydrogen-bond acceptors (Lipinski definition) is 4. The summed E-state index contributed by atoms with van der Waals surface area (Å²) in [5.74, 6) is -0.572. The lowest BCUT2D eigenvalue weighted by molar-refractivity contribution is -0.118. The summed E-state index contributed by atoms with van der Waals surface area (Å²) in [7, 11) is 0. The van der Waals surface area contributed by atoms with E-state index in [9.17, 15) is 14.0 Å². The zero-order valence-corrected chi connectivity index (χ0v) is 16.3. The monoisotopic (exact) mass is 405 g/mol. The number of rotatable bonds is 7. The topological polar surface area (TPSA) is 79.8 Å². The van der Waals surface area contributed by atoms with Crippen molar-refractivity contribution in [1.82, 2.24) is 5.43 Å². The first kappa shape index (κ1) is 20.7. The summed E-state index contributed by atoms with van der Waals surface area (Å²) in [6, 6.07) is 19.5. The quantitative estimate of drug-likeness (QED) is 0.462. The van der Waals surface area contributed by atoms with Crippen LogP contribution in [0.1, 0.15) is 21.5 Å². The van der Waals surface area contributed by atoms with Crippen molar-refractivity contribution in [2.45, 2.75) is 6.92 Å². The number of anilines is 1. The van der Waals surface area contributed by atoms with Gasteiger partial charge in [0.25, 0.3) is 11.8 Å². The molecule has 2 N–H and O–H groups in total. The van der Waals surface area contributed by atoms with Crippen LogP contribution < -0.4 is 15.5 Å². The average Bonchev–Trinajstić information content (AvgIpc) is 2.75. The maximum Gasteiger partial charge on any atom is 0.271 e. The molecule has 0 saturated heterocycles. The van der Waals surface area contributed by atoms with Gasteiger partial charge in [0.1, 0.15) is 11.6 Å². The highest BCUT2D eigenvalue weighted by molar-refractivity contribution is 5.95. The minimum atomic E-state index is -0.439. The highest BCUT2D eigenvalue weighted by atomic mass is 19.1. The molecule has 0 bridgehead atoms. The van der Waals surface area contributed by atoms with Crippen LogP contribution in [0.4, 0.5) is 10.1 Å². The van der Waals surface area contributed by atoms with Gasteiger partial charge in [-0.25, -0.2) is 9.82 Å². The molecular weight excluding hydrogens is 385 g/mol. The molecule has 152 valence electrons. The molecule has 0 saturated carbocycles. The molecular formula is C23H20FN3O3. The molecule has 0 fully saturated rings. The van der Waals surface area contributed by atoms with E-state index in [4.69, 9.17) is 4.74 Å². The van der Waals surface area contributed by atoms with Crippen LogP contribution in [0.25, 0.3) is 0 Å². The van der Waals surface area contributed by atoms with Crippen LogP contribution >= 0.6 is 0 Å². The molecule has 0 heterocycles. The number of benzene rings is 3. The molecule has 3 rings (SSSR count). The molecule has 0 aliphatic carbocycles. The number of carbonyl (C=O) groups excluding carboxylic acids is 2. The highest BCUT2D eigenvalue weighted by Crippen LogP contribution is 2.14. The Morgan fingerprint density at radius 2 is 1.70 bits per heavy atom. The predicted octanol–water partition coefficient (Wildman–Crippen LogP) is 3.92. The fourth-order valence-electron chi connectivity index (χ4n) is 2.53. The minimum absolute atomic E-state index is 0.116. The molecule has 30 heavy (non-hydrogen) atoms. The molecule has 3 aromatic rings. The minimum Gasteiger partial charge on any atom is -0.484 e. The second kappa shape index (κ2) is 9.97. The first-order valence-electron chi connectivity index (χ1n) is 9.18. The van der Waals surface area contributed by atoms with E-state index in [0.29, 0.717) is 11.3 Å². The maximum atomic E-state index is 12.9. The van der Waals surface area contributed by atoms with Gasteiger partial charge in [0.15, 0.2) is 6.61 Å². The van der Waals surface area contributed by atoms with Crippen LogP contribution in [-0.4, -0.2) is 24.6 Å². The number of para-hydroxylation sites is 1. The summed E-state index contributed by atoms with van der Waals surface area (Å²) in [5, 5.41) is 6.68. The first-order chi connectivity index (χ1) is 14.5. The second-order valence-electron chi connectivity index (χ2n) is 6.43. The van der Waals surface area contributed by atoms with Crippen molar-refractivity contribution in [2.24, 2.45) is 5.10 Å². The molecule has 0 aromatic heterocycles. The lowest BCUT2D eigenvalue weighted by atomic mass is 10.2. The SMILES string of the molecule is Cc1ccccc1NC(=O)COc1ccc(/C=N\NC(=O)c2ccc(F)cc2)cc1. The number of nitrogens with one attached hydrogen (secondary N) is 2. The van der Waals surface area contributed by atoms with Crippen LogP contribution in [0.15, 0.2) is 77.9 Å². The predicted molar refractivity (Wildman–Crippen MR) is 113 cm³/mol. The van der Waals surface area contributed by atoms with Gasteiger partial charge in [-0.3, -0.25) is 9.59 Å². The lowest BCUT2D eigenvalue weighted by Crippen LogP contribution is -2.20. The maximum absolute atomic E-state index is 12.9. The zero-order valence-electron chi connectivity index (χ0n) is 16.3. The van der Waals surface area contributed by atoms with E-state index in [2.05, 4.69) is 15.8 Å². The third-order valence-electron chi connectivity index (χ3n) is 4.16. The molecule has 6 nitrogen and oxygen atoms in total. The fourth-order valence-corrected chi connectivity index (χ4v) is 2.53. The van der Waals surface area contributed by atoms with Gasteiger partial charge in [0, 0.05) is 11.3 Å². The molecule has 3 aromatic carbocycles. The van der Waals surface area contributed by atoms with Crippen LogP contribution in [-0.2, 0) is 4.79 Å². The zero-order chi connectivity index (χ0) is 21.3. The van der Waals surface area contributed by atoms with Gasteiger partial charge in [-0.15, -0.1) is 0 Å². The van der Waals surface area contributed by atoms with Crippen LogP contribution in [0.5, 0.6) is 5.75 Å². The van der Waals surface area contributed by atoms with Crippen molar-refractivity contribution in [3.8, 4) is 5.75 Å². The van der Waals surface area contributed by atoms with Gasteiger partial charge in [-0.05, 0) is 72.6 Å². The Morgan fingerprint density at radius 1 is 1.00 bits per heavy atom. The molecule has 0 aliphatic heterocycles. The van der Waals surface area contributed by atoms with Gasteiger partial charge < -0.3 is 10.1 Å². The van der Waals surface area contributed by atoms with E-state index in [1.807, 2.05) is 31.2 Å².